The molecule has 0 aliphatic carbocycles. The lowest BCUT2D eigenvalue weighted by Crippen LogP contribution is -2.44. The highest BCUT2D eigenvalue weighted by Gasteiger charge is 2.22. The standard InChI is InChI=1S/C78H135NO8/c1-6-8-10-12-14-16-18-20-22-24-26-28-29-30-31-32-33-34-35-36-37-38-39-40-41-42-43-44-45-46-47-49-50-52-54-56-58-60-62-64-66-68-75(80)85-72-74(73-86-78(77(82)83)84-71-70-79(3,4)5)87-76(81)69-67-65-63-61-59-57-55-53-51-48-27-25-23-21-19-17-15-13-11-9-7-2/h9,11,15,17-18,20-21,23-24,26-27,29-30,48,53,55,59,61,74,78H,6-8,10,12-14,16,19,22,25,28,31-47,49-52,54,56-58,60,62-73H2,1-5H3/b11-9-,17-15-,20-18-,23-21-,26-24-,30-29-,48-27-,55-53-,61-59-. The van der Waals surface area contributed by atoms with Crippen molar-refractivity contribution in [1.29, 1.82) is 0 Å². The molecule has 0 rings (SSSR count). The van der Waals surface area contributed by atoms with Crippen LogP contribution in [0.15, 0.2) is 109 Å². The molecule has 0 aromatic carbocycles. The Morgan fingerprint density at radius 3 is 1.00 bits per heavy atom. The molecule has 0 saturated carbocycles. The van der Waals surface area contributed by atoms with E-state index in [1.165, 1.54) is 193 Å². The largest absolute Gasteiger partial charge is 0.545 e. The third-order valence-corrected chi connectivity index (χ3v) is 15.5. The molecule has 500 valence electrons. The van der Waals surface area contributed by atoms with Gasteiger partial charge in [0, 0.05) is 12.8 Å². The number of quaternary nitrogens is 1. The van der Waals surface area contributed by atoms with Crippen molar-refractivity contribution in [1.82, 2.24) is 0 Å². The van der Waals surface area contributed by atoms with Crippen LogP contribution in [-0.4, -0.2) is 82.3 Å². The van der Waals surface area contributed by atoms with Gasteiger partial charge in [-0.2, -0.15) is 0 Å². The highest BCUT2D eigenvalue weighted by molar-refractivity contribution is 5.70. The quantitative estimate of drug-likeness (QED) is 0.0195. The van der Waals surface area contributed by atoms with Gasteiger partial charge < -0.3 is 33.3 Å². The normalized spacial score (nSPS) is 13.3. The molecular weight excluding hydrogens is 1080 g/mol. The molecule has 0 aliphatic rings. The van der Waals surface area contributed by atoms with Gasteiger partial charge in [-0.3, -0.25) is 9.59 Å². The molecule has 0 amide bonds. The van der Waals surface area contributed by atoms with Gasteiger partial charge in [-0.25, -0.2) is 0 Å². The number of carboxylic acids is 1. The maximum atomic E-state index is 12.9. The van der Waals surface area contributed by atoms with Gasteiger partial charge >= 0.3 is 11.9 Å². The van der Waals surface area contributed by atoms with Crippen molar-refractivity contribution in [3.8, 4) is 0 Å². The molecule has 0 aromatic heterocycles. The summed E-state index contributed by atoms with van der Waals surface area (Å²) in [4.78, 5) is 37.4. The molecule has 9 heteroatoms. The number of allylic oxidation sites excluding steroid dienone is 18. The van der Waals surface area contributed by atoms with E-state index in [1.807, 2.05) is 21.1 Å². The van der Waals surface area contributed by atoms with E-state index in [0.717, 1.165) is 83.5 Å². The van der Waals surface area contributed by atoms with E-state index in [9.17, 15) is 19.5 Å². The van der Waals surface area contributed by atoms with Crippen molar-refractivity contribution < 1.29 is 42.9 Å². The maximum absolute atomic E-state index is 12.9. The molecule has 2 unspecified atom stereocenters. The van der Waals surface area contributed by atoms with E-state index >= 15 is 0 Å². The minimum Gasteiger partial charge on any atom is -0.545 e. The van der Waals surface area contributed by atoms with E-state index in [-0.39, 0.29) is 38.6 Å². The Kier molecular flexibility index (Phi) is 64.7. The molecule has 0 bridgehead atoms. The lowest BCUT2D eigenvalue weighted by atomic mass is 10.0. The van der Waals surface area contributed by atoms with E-state index in [1.54, 1.807) is 0 Å². The van der Waals surface area contributed by atoms with Crippen molar-refractivity contribution in [2.24, 2.45) is 0 Å². The number of hydrogen-bond acceptors (Lipinski definition) is 8. The van der Waals surface area contributed by atoms with Crippen LogP contribution in [0, 0.1) is 0 Å². The monoisotopic (exact) mass is 1210 g/mol. The van der Waals surface area contributed by atoms with Crippen LogP contribution in [0.25, 0.3) is 0 Å². The molecule has 0 radical (unpaired) electrons. The zero-order valence-corrected chi connectivity index (χ0v) is 57.1. The average molecular weight is 1210 g/mol. The summed E-state index contributed by atoms with van der Waals surface area (Å²) in [5, 5.41) is 11.8. The van der Waals surface area contributed by atoms with Crippen molar-refractivity contribution in [2.45, 2.75) is 322 Å². The Bertz CT molecular complexity index is 1800. The molecule has 9 nitrogen and oxygen atoms in total. The number of hydrogen-bond donors (Lipinski definition) is 0. The van der Waals surface area contributed by atoms with Crippen molar-refractivity contribution in [3.05, 3.63) is 109 Å². The second-order valence-corrected chi connectivity index (χ2v) is 25.1. The summed E-state index contributed by atoms with van der Waals surface area (Å²) in [7, 11) is 5.91. The Morgan fingerprint density at radius 2 is 0.655 bits per heavy atom. The van der Waals surface area contributed by atoms with E-state index in [0.29, 0.717) is 17.4 Å². The first-order valence-corrected chi connectivity index (χ1v) is 36.0. The van der Waals surface area contributed by atoms with E-state index in [2.05, 4.69) is 123 Å². The van der Waals surface area contributed by atoms with E-state index in [4.69, 9.17) is 18.9 Å². The predicted octanol–water partition coefficient (Wildman–Crippen LogP) is 21.2. The summed E-state index contributed by atoms with van der Waals surface area (Å²) >= 11 is 0. The first kappa shape index (κ1) is 83.0. The van der Waals surface area contributed by atoms with Gasteiger partial charge in [-0.15, -0.1) is 0 Å². The van der Waals surface area contributed by atoms with E-state index < -0.39 is 24.3 Å². The number of carbonyl (C=O) groups is 3. The molecular formula is C78H135NO8. The van der Waals surface area contributed by atoms with Crippen LogP contribution in [0.4, 0.5) is 0 Å². The highest BCUT2D eigenvalue weighted by atomic mass is 16.7. The Labute approximate surface area is 536 Å². The summed E-state index contributed by atoms with van der Waals surface area (Å²) in [5.74, 6) is -2.34. The number of carbonyl (C=O) groups excluding carboxylic acids is 3. The number of aliphatic carboxylic acids is 1. The van der Waals surface area contributed by atoms with Gasteiger partial charge in [-0.05, 0) is 103 Å². The van der Waals surface area contributed by atoms with Crippen molar-refractivity contribution >= 4 is 17.9 Å². The lowest BCUT2D eigenvalue weighted by molar-refractivity contribution is -0.870. The SMILES string of the molecule is CC/C=C\C/C=C\C/C=C\C/C=C\C/C=C\C/C=C\CCCCC(=O)OC(COC(=O)CCCCCCCCCCCCCCCCCCCCCCCCCCCC/C=C\C/C=C\C/C=C\CCCCCCC)COC(OCC[N+](C)(C)C)C(=O)[O-]. The molecule has 0 fully saturated rings. The number of nitrogens with zero attached hydrogens (tertiary/aromatic N) is 1. The van der Waals surface area contributed by atoms with Gasteiger partial charge in [0.05, 0.1) is 40.3 Å². The zero-order valence-electron chi connectivity index (χ0n) is 57.1. The molecule has 0 aromatic rings. The van der Waals surface area contributed by atoms with Gasteiger partial charge in [0.15, 0.2) is 12.4 Å². The van der Waals surface area contributed by atoms with Crippen LogP contribution >= 0.6 is 0 Å². The van der Waals surface area contributed by atoms with Crippen LogP contribution < -0.4 is 5.11 Å². The minimum atomic E-state index is -1.64. The van der Waals surface area contributed by atoms with Gasteiger partial charge in [-0.1, -0.05) is 303 Å². The predicted molar refractivity (Wildman–Crippen MR) is 370 cm³/mol. The van der Waals surface area contributed by atoms with Gasteiger partial charge in [0.1, 0.15) is 13.2 Å². The van der Waals surface area contributed by atoms with Crippen LogP contribution in [-0.2, 0) is 33.3 Å². The maximum Gasteiger partial charge on any atom is 0.306 e. The van der Waals surface area contributed by atoms with Crippen LogP contribution in [0.3, 0.4) is 0 Å². The van der Waals surface area contributed by atoms with Gasteiger partial charge in [0.25, 0.3) is 0 Å². The number of unbranched alkanes of at least 4 members (excludes halogenated alkanes) is 33. The minimum absolute atomic E-state index is 0.135. The molecule has 0 aliphatic heterocycles. The Hall–Kier alpha value is -4.05. The van der Waals surface area contributed by atoms with Gasteiger partial charge in [0.2, 0.25) is 0 Å². The Balaban J connectivity index is 4.01. The third kappa shape index (κ3) is 69.3. The summed E-state index contributed by atoms with van der Waals surface area (Å²) in [5.41, 5.74) is 0. The smallest absolute Gasteiger partial charge is 0.306 e. The molecule has 87 heavy (non-hydrogen) atoms. The number of esters is 2. The van der Waals surface area contributed by atoms with Crippen molar-refractivity contribution in [3.63, 3.8) is 0 Å². The highest BCUT2D eigenvalue weighted by Crippen LogP contribution is 2.18. The number of rotatable bonds is 66. The molecule has 0 spiro atoms. The van der Waals surface area contributed by atoms with Crippen LogP contribution in [0.1, 0.15) is 309 Å². The fourth-order valence-corrected chi connectivity index (χ4v) is 10.0. The summed E-state index contributed by atoms with van der Waals surface area (Å²) < 4.78 is 22.7. The Morgan fingerprint density at radius 1 is 0.356 bits per heavy atom. The number of carboxylic acid groups (broad SMARTS) is 1. The summed E-state index contributed by atoms with van der Waals surface area (Å²) in [6.07, 6.45) is 92.1. The average Bonchev–Trinajstić information content (AvgIpc) is 3.57. The zero-order chi connectivity index (χ0) is 63.3. The van der Waals surface area contributed by atoms with Crippen molar-refractivity contribution in [2.75, 3.05) is 47.5 Å². The summed E-state index contributed by atoms with van der Waals surface area (Å²) in [6, 6.07) is 0. The fourth-order valence-electron chi connectivity index (χ4n) is 10.0. The lowest BCUT2D eigenvalue weighted by Gasteiger charge is -2.26. The second-order valence-electron chi connectivity index (χ2n) is 25.1. The molecule has 0 heterocycles. The fraction of sp³-hybridized carbons (Fsp3) is 0.731. The van der Waals surface area contributed by atoms with Crippen LogP contribution in [0.5, 0.6) is 0 Å². The first-order valence-electron chi connectivity index (χ1n) is 36.0. The molecule has 2 atom stereocenters. The first-order chi connectivity index (χ1) is 42.6. The third-order valence-electron chi connectivity index (χ3n) is 15.5. The number of likely N-dealkylation sites (N-methyl/N-ethyl adjacent to an activating group) is 1. The number of ether oxygens (including phenoxy) is 4. The molecule has 0 saturated heterocycles. The summed E-state index contributed by atoms with van der Waals surface area (Å²) in [6.45, 7) is 4.59. The second kappa shape index (κ2) is 67.9. The topological polar surface area (TPSA) is 111 Å². The molecule has 0 N–H and O–H groups in total. The van der Waals surface area contributed by atoms with Crippen LogP contribution in [0.2, 0.25) is 0 Å².